The molecule has 0 radical (unpaired) electrons. The highest BCUT2D eigenvalue weighted by Crippen LogP contribution is 1.96. The Labute approximate surface area is 115 Å². The number of hydrogen-bond acceptors (Lipinski definition) is 5. The van der Waals surface area contributed by atoms with Crippen LogP contribution in [-0.2, 0) is 4.79 Å². The van der Waals surface area contributed by atoms with Gasteiger partial charge in [-0.2, -0.15) is 10.4 Å². The molecule has 0 aliphatic carbocycles. The zero-order chi connectivity index (χ0) is 14.8. The summed E-state index contributed by atoms with van der Waals surface area (Å²) < 4.78 is 0. The van der Waals surface area contributed by atoms with E-state index in [-0.39, 0.29) is 11.4 Å². The molecule has 1 amide bonds. The number of aliphatic imine (C=N–C) groups is 1. The maximum absolute atomic E-state index is 11.6. The fourth-order valence-corrected chi connectivity index (χ4v) is 1.06. The van der Waals surface area contributed by atoms with Crippen molar-refractivity contribution >= 4 is 18.0 Å². The number of nitrogens with zero attached hydrogens (tertiary/aromatic N) is 4. The third-order valence-electron chi connectivity index (χ3n) is 2.04. The molecule has 0 aliphatic rings. The molecule has 100 valence electrons. The van der Waals surface area contributed by atoms with Crippen LogP contribution in [0.3, 0.4) is 0 Å². The van der Waals surface area contributed by atoms with Crippen LogP contribution in [0.25, 0.3) is 0 Å². The second kappa shape index (κ2) is 7.94. The van der Waals surface area contributed by atoms with Gasteiger partial charge >= 0.3 is 0 Å². The Morgan fingerprint density at radius 3 is 2.85 bits per heavy atom. The molecule has 0 atom stereocenters. The van der Waals surface area contributed by atoms with Gasteiger partial charge in [-0.05, 0) is 18.2 Å². The largest absolute Gasteiger partial charge is 0.382 e. The predicted octanol–water partition coefficient (Wildman–Crippen LogP) is 0.482. The van der Waals surface area contributed by atoms with E-state index in [1.54, 1.807) is 30.6 Å². The van der Waals surface area contributed by atoms with Crippen molar-refractivity contribution in [3.63, 3.8) is 0 Å². The zero-order valence-electron chi connectivity index (χ0n) is 10.5. The summed E-state index contributed by atoms with van der Waals surface area (Å²) in [5.41, 5.74) is 8.71. The predicted molar refractivity (Wildman–Crippen MR) is 75.5 cm³/mol. The average Bonchev–Trinajstić information content (AvgIpc) is 2.49. The van der Waals surface area contributed by atoms with Gasteiger partial charge in [-0.1, -0.05) is 6.58 Å². The lowest BCUT2D eigenvalue weighted by Gasteiger charge is -2.01. The van der Waals surface area contributed by atoms with Crippen molar-refractivity contribution in [1.29, 1.82) is 5.26 Å². The van der Waals surface area contributed by atoms with Gasteiger partial charge in [0.1, 0.15) is 12.3 Å². The normalized spacial score (nSPS) is 11.4. The number of amides is 1. The number of hydrogen-bond donors (Lipinski definition) is 2. The van der Waals surface area contributed by atoms with Crippen LogP contribution in [0.15, 0.2) is 59.0 Å². The van der Waals surface area contributed by atoms with Crippen LogP contribution in [-0.4, -0.2) is 22.9 Å². The zero-order valence-corrected chi connectivity index (χ0v) is 10.5. The maximum Gasteiger partial charge on any atom is 0.270 e. The van der Waals surface area contributed by atoms with Gasteiger partial charge in [0.25, 0.3) is 5.91 Å². The molecule has 0 unspecified atom stereocenters. The molecule has 1 heterocycles. The first-order chi connectivity index (χ1) is 9.65. The van der Waals surface area contributed by atoms with Gasteiger partial charge in [0.15, 0.2) is 5.84 Å². The second-order valence-corrected chi connectivity index (χ2v) is 3.42. The lowest BCUT2D eigenvalue weighted by Crippen LogP contribution is -2.24. The minimum absolute atomic E-state index is 0.131. The Balaban J connectivity index is 2.59. The first kappa shape index (κ1) is 14.8. The van der Waals surface area contributed by atoms with Crippen LogP contribution >= 0.6 is 0 Å². The van der Waals surface area contributed by atoms with E-state index in [0.29, 0.717) is 5.56 Å². The van der Waals surface area contributed by atoms with Crippen molar-refractivity contribution in [3.05, 3.63) is 54.5 Å². The Morgan fingerprint density at radius 2 is 2.20 bits per heavy atom. The molecular formula is C13H12N6O. The van der Waals surface area contributed by atoms with Crippen molar-refractivity contribution in [2.75, 3.05) is 0 Å². The molecule has 7 heteroatoms. The first-order valence-electron chi connectivity index (χ1n) is 5.45. The van der Waals surface area contributed by atoms with Crippen LogP contribution in [0.4, 0.5) is 0 Å². The Morgan fingerprint density at radius 1 is 1.50 bits per heavy atom. The fourth-order valence-electron chi connectivity index (χ4n) is 1.06. The van der Waals surface area contributed by atoms with Gasteiger partial charge in [-0.25, -0.2) is 5.43 Å². The van der Waals surface area contributed by atoms with Gasteiger partial charge in [0.05, 0.1) is 0 Å². The molecule has 0 spiro atoms. The average molecular weight is 268 g/mol. The van der Waals surface area contributed by atoms with Gasteiger partial charge in [-0.3, -0.25) is 14.8 Å². The number of carbonyl (C=O) groups excluding carboxylic acids is 1. The van der Waals surface area contributed by atoms with Crippen LogP contribution in [0.5, 0.6) is 0 Å². The van der Waals surface area contributed by atoms with Gasteiger partial charge in [0, 0.05) is 29.7 Å². The van der Waals surface area contributed by atoms with E-state index in [9.17, 15) is 4.79 Å². The van der Waals surface area contributed by atoms with Crippen molar-refractivity contribution in [2.45, 2.75) is 0 Å². The Kier molecular flexibility index (Phi) is 5.87. The quantitative estimate of drug-likeness (QED) is 0.265. The van der Waals surface area contributed by atoms with E-state index in [2.05, 4.69) is 27.1 Å². The van der Waals surface area contributed by atoms with Crippen LogP contribution in [0, 0.1) is 11.3 Å². The van der Waals surface area contributed by atoms with Crippen LogP contribution in [0.1, 0.15) is 5.56 Å². The number of aromatic nitrogens is 1. The molecular weight excluding hydrogens is 256 g/mol. The summed E-state index contributed by atoms with van der Waals surface area (Å²) in [4.78, 5) is 19.0. The van der Waals surface area contributed by atoms with Crippen LogP contribution < -0.4 is 11.2 Å². The second-order valence-electron chi connectivity index (χ2n) is 3.42. The number of amidine groups is 1. The summed E-state index contributed by atoms with van der Waals surface area (Å²) in [5, 5.41) is 12.0. The molecule has 0 saturated heterocycles. The molecule has 0 aromatic carbocycles. The molecule has 0 saturated carbocycles. The molecule has 1 rings (SSSR count). The Hall–Kier alpha value is -3.27. The van der Waals surface area contributed by atoms with E-state index in [4.69, 9.17) is 11.0 Å². The number of nitrogens with one attached hydrogen (secondary N) is 1. The number of nitriles is 1. The highest BCUT2D eigenvalue weighted by Gasteiger charge is 2.03. The van der Waals surface area contributed by atoms with Crippen molar-refractivity contribution in [1.82, 2.24) is 10.4 Å². The number of pyridine rings is 1. The van der Waals surface area contributed by atoms with E-state index < -0.39 is 5.91 Å². The molecule has 0 fully saturated rings. The third-order valence-corrected chi connectivity index (χ3v) is 2.04. The highest BCUT2D eigenvalue weighted by molar-refractivity contribution is 6.00. The summed E-state index contributed by atoms with van der Waals surface area (Å²) >= 11 is 0. The van der Waals surface area contributed by atoms with E-state index in [1.807, 2.05) is 0 Å². The first-order valence-corrected chi connectivity index (χ1v) is 5.45. The summed E-state index contributed by atoms with van der Waals surface area (Å²) in [5.74, 6) is -0.370. The third kappa shape index (κ3) is 4.93. The number of carbonyl (C=O) groups is 1. The number of rotatable bonds is 5. The molecule has 0 aliphatic heterocycles. The van der Waals surface area contributed by atoms with Crippen molar-refractivity contribution in [2.24, 2.45) is 15.8 Å². The van der Waals surface area contributed by atoms with E-state index in [1.165, 1.54) is 12.3 Å². The summed E-state index contributed by atoms with van der Waals surface area (Å²) in [6.07, 6.45) is 6.78. The summed E-state index contributed by atoms with van der Waals surface area (Å²) in [7, 11) is 0. The summed E-state index contributed by atoms with van der Waals surface area (Å²) in [6, 6.07) is 5.04. The van der Waals surface area contributed by atoms with Crippen molar-refractivity contribution in [3.8, 4) is 6.07 Å². The smallest absolute Gasteiger partial charge is 0.270 e. The standard InChI is InChI=1S/C13H12N6O/c1-10(2-6-17-9-5-14)13(20)19-18-12(15)11-3-7-16-8-4-11/h2-4,6-9H,1H2,(H2,15,18)(H,19,20)/b6-2-,17-9?. The molecule has 3 N–H and O–H groups in total. The summed E-state index contributed by atoms with van der Waals surface area (Å²) in [6.45, 7) is 3.53. The maximum atomic E-state index is 11.6. The molecule has 1 aromatic heterocycles. The van der Waals surface area contributed by atoms with E-state index >= 15 is 0 Å². The van der Waals surface area contributed by atoms with Crippen LogP contribution in [0.2, 0.25) is 0 Å². The molecule has 1 aromatic rings. The van der Waals surface area contributed by atoms with Crippen molar-refractivity contribution < 1.29 is 4.79 Å². The monoisotopic (exact) mass is 268 g/mol. The minimum Gasteiger partial charge on any atom is -0.382 e. The van der Waals surface area contributed by atoms with Gasteiger partial charge in [0.2, 0.25) is 0 Å². The van der Waals surface area contributed by atoms with Gasteiger partial charge in [-0.15, -0.1) is 0 Å². The van der Waals surface area contributed by atoms with Gasteiger partial charge < -0.3 is 5.73 Å². The lowest BCUT2D eigenvalue weighted by atomic mass is 10.2. The van der Waals surface area contributed by atoms with E-state index in [0.717, 1.165) is 6.21 Å². The highest BCUT2D eigenvalue weighted by atomic mass is 16.2. The topological polar surface area (TPSA) is 117 Å². The molecule has 7 nitrogen and oxygen atoms in total. The SMILES string of the molecule is C=C(/C=C\N=CC#N)C(=O)NN=C(N)c1ccncc1. The lowest BCUT2D eigenvalue weighted by molar-refractivity contribution is -0.117. The minimum atomic E-state index is -0.523. The Bertz CT molecular complexity index is 609. The fraction of sp³-hybridized carbons (Fsp3) is 0. The molecule has 0 bridgehead atoms. The number of hydrazone groups is 1. The molecule has 20 heavy (non-hydrogen) atoms. The number of nitrogens with two attached hydrogens (primary N) is 1.